The fourth-order valence-corrected chi connectivity index (χ4v) is 2.03. The number of thiophene rings is 1. The predicted molar refractivity (Wildman–Crippen MR) is 56.4 cm³/mol. The molecule has 0 saturated heterocycles. The van der Waals surface area contributed by atoms with Crippen LogP contribution in [0, 0.1) is 0 Å². The van der Waals surface area contributed by atoms with Crippen LogP contribution in [0.1, 0.15) is 34.3 Å². The Labute approximate surface area is 83.2 Å². The number of amides is 1. The fourth-order valence-electron chi connectivity index (χ4n) is 0.998. The molecule has 0 N–H and O–H groups in total. The maximum Gasteiger partial charge on any atom is 0.263 e. The van der Waals surface area contributed by atoms with Crippen molar-refractivity contribution in [3.05, 3.63) is 21.9 Å². The highest BCUT2D eigenvalue weighted by Gasteiger charge is 2.11. The van der Waals surface area contributed by atoms with Gasteiger partial charge >= 0.3 is 0 Å². The third-order valence-corrected chi connectivity index (χ3v) is 3.19. The van der Waals surface area contributed by atoms with Crippen molar-refractivity contribution < 1.29 is 4.79 Å². The van der Waals surface area contributed by atoms with E-state index in [4.69, 9.17) is 0 Å². The molecule has 0 atom stereocenters. The van der Waals surface area contributed by atoms with Gasteiger partial charge in [-0.1, -0.05) is 13.8 Å². The van der Waals surface area contributed by atoms with Crippen LogP contribution in [0.4, 0.5) is 0 Å². The van der Waals surface area contributed by atoms with Crippen LogP contribution in [0.15, 0.2) is 12.1 Å². The molecule has 1 heterocycles. The first-order valence-electron chi connectivity index (χ1n) is 4.33. The Kier molecular flexibility index (Phi) is 3.09. The molecular weight excluding hydrogens is 182 g/mol. The molecule has 1 amide bonds. The summed E-state index contributed by atoms with van der Waals surface area (Å²) < 4.78 is 0. The molecule has 0 spiro atoms. The van der Waals surface area contributed by atoms with E-state index in [9.17, 15) is 4.79 Å². The monoisotopic (exact) mass is 197 g/mol. The standard InChI is InChI=1S/C10H15NOS/c1-7(2)8-5-6-9(13-8)10(12)11(3)4/h5-7H,1-4H3. The zero-order chi connectivity index (χ0) is 10.0. The Morgan fingerprint density at radius 2 is 2.00 bits per heavy atom. The lowest BCUT2D eigenvalue weighted by Crippen LogP contribution is -2.20. The van der Waals surface area contributed by atoms with Gasteiger partial charge in [0.1, 0.15) is 0 Å². The Hall–Kier alpha value is -0.830. The van der Waals surface area contributed by atoms with Crippen molar-refractivity contribution in [1.29, 1.82) is 0 Å². The minimum Gasteiger partial charge on any atom is -0.344 e. The summed E-state index contributed by atoms with van der Waals surface area (Å²) in [6.07, 6.45) is 0. The number of rotatable bonds is 2. The molecule has 3 heteroatoms. The van der Waals surface area contributed by atoms with Gasteiger partial charge in [-0.25, -0.2) is 0 Å². The average Bonchev–Trinajstić information content (AvgIpc) is 2.50. The van der Waals surface area contributed by atoms with E-state index >= 15 is 0 Å². The number of hydrogen-bond donors (Lipinski definition) is 0. The van der Waals surface area contributed by atoms with Crippen molar-refractivity contribution in [3.8, 4) is 0 Å². The largest absolute Gasteiger partial charge is 0.344 e. The fraction of sp³-hybridized carbons (Fsp3) is 0.500. The van der Waals surface area contributed by atoms with E-state index in [2.05, 4.69) is 13.8 Å². The lowest BCUT2D eigenvalue weighted by atomic mass is 10.2. The Morgan fingerprint density at radius 1 is 1.38 bits per heavy atom. The molecule has 13 heavy (non-hydrogen) atoms. The summed E-state index contributed by atoms with van der Waals surface area (Å²) in [5.74, 6) is 0.602. The van der Waals surface area contributed by atoms with Crippen molar-refractivity contribution in [3.63, 3.8) is 0 Å². The molecule has 0 aromatic carbocycles. The SMILES string of the molecule is CC(C)c1ccc(C(=O)N(C)C)s1. The van der Waals surface area contributed by atoms with Gasteiger partial charge in [-0.05, 0) is 18.1 Å². The number of carbonyl (C=O) groups is 1. The Balaban J connectivity index is 2.86. The van der Waals surface area contributed by atoms with Gasteiger partial charge in [-0.2, -0.15) is 0 Å². The first-order chi connectivity index (χ1) is 6.02. The van der Waals surface area contributed by atoms with Crippen molar-refractivity contribution >= 4 is 17.2 Å². The smallest absolute Gasteiger partial charge is 0.263 e. The number of nitrogens with zero attached hydrogens (tertiary/aromatic N) is 1. The second-order valence-corrected chi connectivity index (χ2v) is 4.67. The van der Waals surface area contributed by atoms with Crippen molar-refractivity contribution in [1.82, 2.24) is 4.90 Å². The van der Waals surface area contributed by atoms with Crippen LogP contribution in [0.3, 0.4) is 0 Å². The van der Waals surface area contributed by atoms with Gasteiger partial charge in [-0.3, -0.25) is 4.79 Å². The summed E-state index contributed by atoms with van der Waals surface area (Å²) in [6.45, 7) is 4.27. The minimum absolute atomic E-state index is 0.0944. The summed E-state index contributed by atoms with van der Waals surface area (Å²) in [5.41, 5.74) is 0. The Bertz CT molecular complexity index is 302. The molecule has 1 rings (SSSR count). The molecule has 1 aromatic rings. The molecule has 0 saturated carbocycles. The predicted octanol–water partition coefficient (Wildman–Crippen LogP) is 2.57. The van der Waals surface area contributed by atoms with Crippen LogP contribution < -0.4 is 0 Å². The number of carbonyl (C=O) groups excluding carboxylic acids is 1. The molecule has 0 aliphatic carbocycles. The lowest BCUT2D eigenvalue weighted by molar-refractivity contribution is 0.0832. The van der Waals surface area contributed by atoms with E-state index in [1.807, 2.05) is 12.1 Å². The highest BCUT2D eigenvalue weighted by molar-refractivity contribution is 7.14. The van der Waals surface area contributed by atoms with Gasteiger partial charge in [0.05, 0.1) is 4.88 Å². The lowest BCUT2D eigenvalue weighted by Gasteiger charge is -2.07. The third kappa shape index (κ3) is 2.31. The summed E-state index contributed by atoms with van der Waals surface area (Å²) in [4.78, 5) is 15.2. The van der Waals surface area contributed by atoms with Crippen molar-refractivity contribution in [2.24, 2.45) is 0 Å². The molecule has 0 radical (unpaired) electrons. The zero-order valence-corrected chi connectivity index (χ0v) is 9.31. The van der Waals surface area contributed by atoms with E-state index in [-0.39, 0.29) is 5.91 Å². The normalized spacial score (nSPS) is 10.5. The van der Waals surface area contributed by atoms with Gasteiger partial charge in [0.2, 0.25) is 0 Å². The average molecular weight is 197 g/mol. The summed E-state index contributed by atoms with van der Waals surface area (Å²) in [7, 11) is 3.55. The van der Waals surface area contributed by atoms with E-state index < -0.39 is 0 Å². The quantitative estimate of drug-likeness (QED) is 0.713. The molecule has 72 valence electrons. The van der Waals surface area contributed by atoms with E-state index in [1.54, 1.807) is 30.3 Å². The van der Waals surface area contributed by atoms with Crippen molar-refractivity contribution in [2.45, 2.75) is 19.8 Å². The topological polar surface area (TPSA) is 20.3 Å². The minimum atomic E-state index is 0.0944. The van der Waals surface area contributed by atoms with Gasteiger partial charge in [0.15, 0.2) is 0 Å². The molecule has 1 aromatic heterocycles. The van der Waals surface area contributed by atoms with E-state index in [0.29, 0.717) is 5.92 Å². The molecule has 0 fully saturated rings. The maximum atomic E-state index is 11.5. The molecule has 2 nitrogen and oxygen atoms in total. The summed E-state index contributed by atoms with van der Waals surface area (Å²) >= 11 is 1.59. The molecular formula is C10H15NOS. The Morgan fingerprint density at radius 3 is 2.38 bits per heavy atom. The second kappa shape index (κ2) is 3.92. The first kappa shape index (κ1) is 10.3. The number of hydrogen-bond acceptors (Lipinski definition) is 2. The molecule has 0 aliphatic rings. The van der Waals surface area contributed by atoms with Crippen LogP contribution in [0.5, 0.6) is 0 Å². The van der Waals surface area contributed by atoms with E-state index in [1.165, 1.54) is 4.88 Å². The summed E-state index contributed by atoms with van der Waals surface area (Å²) in [6, 6.07) is 3.94. The van der Waals surface area contributed by atoms with Crippen LogP contribution in [0.25, 0.3) is 0 Å². The van der Waals surface area contributed by atoms with Crippen LogP contribution >= 0.6 is 11.3 Å². The second-order valence-electron chi connectivity index (χ2n) is 3.56. The maximum absolute atomic E-state index is 11.5. The third-order valence-electron chi connectivity index (χ3n) is 1.81. The van der Waals surface area contributed by atoms with Gasteiger partial charge in [-0.15, -0.1) is 11.3 Å². The van der Waals surface area contributed by atoms with E-state index in [0.717, 1.165) is 4.88 Å². The first-order valence-corrected chi connectivity index (χ1v) is 5.15. The van der Waals surface area contributed by atoms with Crippen molar-refractivity contribution in [2.75, 3.05) is 14.1 Å². The highest BCUT2D eigenvalue weighted by Crippen LogP contribution is 2.24. The van der Waals surface area contributed by atoms with Crippen LogP contribution in [0.2, 0.25) is 0 Å². The molecule has 0 aliphatic heterocycles. The molecule has 0 unspecified atom stereocenters. The summed E-state index contributed by atoms with van der Waals surface area (Å²) in [5, 5.41) is 0. The van der Waals surface area contributed by atoms with Crippen LogP contribution in [-0.4, -0.2) is 24.9 Å². The zero-order valence-electron chi connectivity index (χ0n) is 8.50. The van der Waals surface area contributed by atoms with Gasteiger partial charge < -0.3 is 4.90 Å². The van der Waals surface area contributed by atoms with Crippen LogP contribution in [-0.2, 0) is 0 Å². The molecule has 0 bridgehead atoms. The van der Waals surface area contributed by atoms with Gasteiger partial charge in [0.25, 0.3) is 5.91 Å². The van der Waals surface area contributed by atoms with Gasteiger partial charge in [0, 0.05) is 19.0 Å². The highest BCUT2D eigenvalue weighted by atomic mass is 32.1.